The topological polar surface area (TPSA) is 93.1 Å². The van der Waals surface area contributed by atoms with Crippen LogP contribution in [0, 0.1) is 0 Å². The van der Waals surface area contributed by atoms with E-state index in [0.717, 1.165) is 0 Å². The summed E-state index contributed by atoms with van der Waals surface area (Å²) in [5.41, 5.74) is 0. The Kier molecular flexibility index (Phi) is 4.81. The van der Waals surface area contributed by atoms with Gasteiger partial charge in [-0.05, 0) is 18.2 Å². The normalized spacial score (nSPS) is 20.1. The third-order valence-electron chi connectivity index (χ3n) is 3.18. The third kappa shape index (κ3) is 3.72. The Balaban J connectivity index is 2.15. The minimum Gasteiger partial charge on any atom is -0.508 e. The summed E-state index contributed by atoms with van der Waals surface area (Å²) in [6.45, 7) is 0.489. The van der Waals surface area contributed by atoms with Crippen LogP contribution in [0.15, 0.2) is 29.2 Å². The molecule has 0 aromatic heterocycles. The molecule has 116 valence electrons. The molecule has 1 aliphatic heterocycles. The fourth-order valence-electron chi connectivity index (χ4n) is 2.10. The number of hydrogen-bond acceptors (Lipinski definition) is 6. The zero-order valence-corrected chi connectivity index (χ0v) is 12.4. The van der Waals surface area contributed by atoms with Crippen LogP contribution in [0.25, 0.3) is 0 Å². The van der Waals surface area contributed by atoms with Crippen molar-refractivity contribution in [3.8, 4) is 5.75 Å². The van der Waals surface area contributed by atoms with Crippen LogP contribution in [0.4, 0.5) is 0 Å². The van der Waals surface area contributed by atoms with Crippen molar-refractivity contribution < 1.29 is 27.8 Å². The van der Waals surface area contributed by atoms with Gasteiger partial charge in [-0.2, -0.15) is 4.31 Å². The van der Waals surface area contributed by atoms with Crippen molar-refractivity contribution in [1.29, 1.82) is 0 Å². The third-order valence-corrected chi connectivity index (χ3v) is 5.04. The number of nitrogens with zero attached hydrogens (tertiary/aromatic N) is 1. The number of phenols is 1. The number of phenolic OH excluding ortho intramolecular Hbond substituents is 1. The standard InChI is InChI=1S/C13H17NO6S/c1-19-13(16)8-11-9-14(5-6-20-11)21(17,18)12-4-2-3-10(15)7-12/h2-4,7,11,15H,5-6,8-9H2,1H3. The Morgan fingerprint density at radius 3 is 2.95 bits per heavy atom. The molecule has 0 amide bonds. The van der Waals surface area contributed by atoms with Gasteiger partial charge in [-0.3, -0.25) is 4.79 Å². The SMILES string of the molecule is COC(=O)CC1CN(S(=O)(=O)c2cccc(O)c2)CCO1. The number of esters is 1. The second kappa shape index (κ2) is 6.42. The highest BCUT2D eigenvalue weighted by Gasteiger charge is 2.32. The van der Waals surface area contributed by atoms with E-state index < -0.39 is 22.1 Å². The highest BCUT2D eigenvalue weighted by atomic mass is 32.2. The fourth-order valence-corrected chi connectivity index (χ4v) is 3.59. The molecule has 2 rings (SSSR count). The summed E-state index contributed by atoms with van der Waals surface area (Å²) in [4.78, 5) is 11.3. The molecule has 0 saturated carbocycles. The molecule has 1 aliphatic rings. The van der Waals surface area contributed by atoms with Crippen LogP contribution in [0.5, 0.6) is 5.75 Å². The smallest absolute Gasteiger partial charge is 0.308 e. The van der Waals surface area contributed by atoms with Gasteiger partial charge in [0.15, 0.2) is 0 Å². The molecule has 7 nitrogen and oxygen atoms in total. The lowest BCUT2D eigenvalue weighted by Crippen LogP contribution is -2.46. The predicted octanol–water partition coefficient (Wildman–Crippen LogP) is 0.345. The van der Waals surface area contributed by atoms with Crippen LogP contribution in [-0.4, -0.2) is 56.7 Å². The van der Waals surface area contributed by atoms with E-state index in [0.29, 0.717) is 0 Å². The van der Waals surface area contributed by atoms with Gasteiger partial charge in [-0.1, -0.05) is 6.07 Å². The first-order valence-electron chi connectivity index (χ1n) is 6.41. The van der Waals surface area contributed by atoms with Crippen LogP contribution in [-0.2, 0) is 24.3 Å². The molecule has 0 radical (unpaired) electrons. The van der Waals surface area contributed by atoms with Gasteiger partial charge in [0.05, 0.1) is 31.1 Å². The molecule has 1 saturated heterocycles. The van der Waals surface area contributed by atoms with E-state index >= 15 is 0 Å². The minimum atomic E-state index is -3.72. The number of carbonyl (C=O) groups excluding carboxylic acids is 1. The highest BCUT2D eigenvalue weighted by molar-refractivity contribution is 7.89. The van der Waals surface area contributed by atoms with Crippen molar-refractivity contribution in [2.75, 3.05) is 26.8 Å². The average molecular weight is 315 g/mol. The number of methoxy groups -OCH3 is 1. The molecule has 1 aromatic rings. The molecular weight excluding hydrogens is 298 g/mol. The van der Waals surface area contributed by atoms with Crippen molar-refractivity contribution in [1.82, 2.24) is 4.31 Å². The second-order valence-electron chi connectivity index (χ2n) is 4.63. The van der Waals surface area contributed by atoms with Gasteiger partial charge in [-0.25, -0.2) is 8.42 Å². The van der Waals surface area contributed by atoms with E-state index in [1.807, 2.05) is 0 Å². The number of morpholine rings is 1. The summed E-state index contributed by atoms with van der Waals surface area (Å²) in [6, 6.07) is 5.48. The molecule has 0 aliphatic carbocycles. The summed E-state index contributed by atoms with van der Waals surface area (Å²) < 4.78 is 36.1. The molecule has 1 unspecified atom stereocenters. The van der Waals surface area contributed by atoms with Crippen LogP contribution < -0.4 is 0 Å². The van der Waals surface area contributed by atoms with E-state index in [1.165, 1.54) is 35.7 Å². The van der Waals surface area contributed by atoms with Gasteiger partial charge in [0.25, 0.3) is 0 Å². The fraction of sp³-hybridized carbons (Fsp3) is 0.462. The Morgan fingerprint density at radius 1 is 1.52 bits per heavy atom. The monoisotopic (exact) mass is 315 g/mol. The average Bonchev–Trinajstić information content (AvgIpc) is 2.47. The lowest BCUT2D eigenvalue weighted by Gasteiger charge is -2.31. The lowest BCUT2D eigenvalue weighted by molar-refractivity contribution is -0.145. The van der Waals surface area contributed by atoms with Crippen LogP contribution in [0.1, 0.15) is 6.42 Å². The van der Waals surface area contributed by atoms with Gasteiger partial charge in [0.2, 0.25) is 10.0 Å². The zero-order valence-electron chi connectivity index (χ0n) is 11.6. The Hall–Kier alpha value is -1.64. The molecule has 1 atom stereocenters. The summed E-state index contributed by atoms with van der Waals surface area (Å²) >= 11 is 0. The molecule has 0 spiro atoms. The molecule has 8 heteroatoms. The predicted molar refractivity (Wildman–Crippen MR) is 73.2 cm³/mol. The molecule has 1 heterocycles. The van der Waals surface area contributed by atoms with Crippen LogP contribution in [0.3, 0.4) is 0 Å². The first kappa shape index (κ1) is 15.7. The largest absolute Gasteiger partial charge is 0.508 e. The van der Waals surface area contributed by atoms with Crippen LogP contribution >= 0.6 is 0 Å². The van der Waals surface area contributed by atoms with Gasteiger partial charge >= 0.3 is 5.97 Å². The van der Waals surface area contributed by atoms with E-state index in [-0.39, 0.29) is 36.8 Å². The van der Waals surface area contributed by atoms with Crippen molar-refractivity contribution in [3.05, 3.63) is 24.3 Å². The Morgan fingerprint density at radius 2 is 2.29 bits per heavy atom. The van der Waals surface area contributed by atoms with Gasteiger partial charge in [-0.15, -0.1) is 0 Å². The summed E-state index contributed by atoms with van der Waals surface area (Å²) in [5.74, 6) is -0.563. The number of carbonyl (C=O) groups is 1. The summed E-state index contributed by atoms with van der Waals surface area (Å²) in [5, 5.41) is 9.41. The number of ether oxygens (including phenoxy) is 2. The van der Waals surface area contributed by atoms with Gasteiger partial charge in [0, 0.05) is 13.1 Å². The Bertz CT molecular complexity index is 615. The second-order valence-corrected chi connectivity index (χ2v) is 6.57. The first-order valence-corrected chi connectivity index (χ1v) is 7.85. The maximum atomic E-state index is 12.5. The molecule has 1 N–H and O–H groups in total. The molecule has 1 aromatic carbocycles. The first-order chi connectivity index (χ1) is 9.93. The van der Waals surface area contributed by atoms with E-state index in [9.17, 15) is 18.3 Å². The molecule has 1 fully saturated rings. The maximum absolute atomic E-state index is 12.5. The lowest BCUT2D eigenvalue weighted by atomic mass is 10.2. The van der Waals surface area contributed by atoms with Crippen molar-refractivity contribution in [2.24, 2.45) is 0 Å². The zero-order chi connectivity index (χ0) is 15.5. The number of sulfonamides is 1. The highest BCUT2D eigenvalue weighted by Crippen LogP contribution is 2.22. The summed E-state index contributed by atoms with van der Waals surface area (Å²) in [7, 11) is -2.45. The number of hydrogen-bond donors (Lipinski definition) is 1. The van der Waals surface area contributed by atoms with Gasteiger partial charge < -0.3 is 14.6 Å². The quantitative estimate of drug-likeness (QED) is 0.806. The van der Waals surface area contributed by atoms with Gasteiger partial charge in [0.1, 0.15) is 5.75 Å². The molecule has 21 heavy (non-hydrogen) atoms. The molecular formula is C13H17NO6S. The number of benzene rings is 1. The van der Waals surface area contributed by atoms with E-state index in [2.05, 4.69) is 4.74 Å². The number of aromatic hydroxyl groups is 1. The van der Waals surface area contributed by atoms with Crippen molar-refractivity contribution >= 4 is 16.0 Å². The van der Waals surface area contributed by atoms with E-state index in [1.54, 1.807) is 0 Å². The minimum absolute atomic E-state index is 0.00254. The maximum Gasteiger partial charge on any atom is 0.308 e. The summed E-state index contributed by atoms with van der Waals surface area (Å²) in [6.07, 6.45) is -0.527. The van der Waals surface area contributed by atoms with E-state index in [4.69, 9.17) is 4.74 Å². The van der Waals surface area contributed by atoms with Crippen LogP contribution in [0.2, 0.25) is 0 Å². The Labute approximate surface area is 123 Å². The molecule has 0 bridgehead atoms. The van der Waals surface area contributed by atoms with Crippen molar-refractivity contribution in [3.63, 3.8) is 0 Å². The number of rotatable bonds is 4. The van der Waals surface area contributed by atoms with Crippen molar-refractivity contribution in [2.45, 2.75) is 17.4 Å².